The number of aromatic nitrogens is 5. The van der Waals surface area contributed by atoms with Crippen molar-refractivity contribution in [2.45, 2.75) is 88.6 Å². The maximum Gasteiger partial charge on any atom is 0.315 e. The van der Waals surface area contributed by atoms with Crippen molar-refractivity contribution >= 4 is 56.9 Å². The van der Waals surface area contributed by atoms with Crippen LogP contribution in [0.2, 0.25) is 0 Å². The number of H-pyrrole nitrogens is 1. The zero-order valence-electron chi connectivity index (χ0n) is 35.1. The van der Waals surface area contributed by atoms with Crippen molar-refractivity contribution in [2.75, 3.05) is 42.5 Å². The SMILES string of the molecule is Cc1cc(-c2ncnc3[nH]c4cc(N5CCN(CCc6ccc7c(c6)C6(CC6)C(=O)N7C6CCC(=O)NC6=O)CC5)ccc4c23)ccc1[C@@H](C)NC(=O)c1nc(C2(C)CC2)no1. The molecule has 316 valence electrons. The molecule has 2 saturated heterocycles. The first-order valence-corrected chi connectivity index (χ1v) is 21.8. The fourth-order valence-electron chi connectivity index (χ4n) is 9.90. The van der Waals surface area contributed by atoms with E-state index >= 15 is 0 Å². The van der Waals surface area contributed by atoms with Gasteiger partial charge >= 0.3 is 11.8 Å². The number of hydrogen-bond donors (Lipinski definition) is 3. The van der Waals surface area contributed by atoms with Crippen molar-refractivity contribution in [3.63, 3.8) is 0 Å². The van der Waals surface area contributed by atoms with E-state index in [4.69, 9.17) is 9.51 Å². The molecular formula is C47H48N10O5. The third-order valence-corrected chi connectivity index (χ3v) is 14.1. The van der Waals surface area contributed by atoms with Crippen LogP contribution in [-0.2, 0) is 31.6 Å². The second kappa shape index (κ2) is 14.3. The summed E-state index contributed by atoms with van der Waals surface area (Å²) in [5.41, 5.74) is 9.23. The van der Waals surface area contributed by atoms with Crippen LogP contribution in [0.25, 0.3) is 33.2 Å². The molecule has 6 heterocycles. The number of benzene rings is 3. The van der Waals surface area contributed by atoms with Gasteiger partial charge in [-0.15, -0.1) is 0 Å². The zero-order valence-corrected chi connectivity index (χ0v) is 35.1. The van der Waals surface area contributed by atoms with Crippen molar-refractivity contribution in [3.8, 4) is 11.3 Å². The molecule has 3 aliphatic heterocycles. The third kappa shape index (κ3) is 6.43. The molecule has 5 aliphatic rings. The largest absolute Gasteiger partial charge is 0.369 e. The highest BCUT2D eigenvalue weighted by atomic mass is 16.5. The second-order valence-electron chi connectivity index (χ2n) is 18.2. The van der Waals surface area contributed by atoms with Crippen LogP contribution in [0.1, 0.15) is 97.2 Å². The zero-order chi connectivity index (χ0) is 42.5. The maximum absolute atomic E-state index is 13.7. The van der Waals surface area contributed by atoms with Gasteiger partial charge in [-0.1, -0.05) is 42.4 Å². The maximum atomic E-state index is 13.7. The number of aryl methyl sites for hydroxylation is 1. The van der Waals surface area contributed by atoms with Crippen LogP contribution >= 0.6 is 0 Å². The highest BCUT2D eigenvalue weighted by molar-refractivity contribution is 6.15. The number of amides is 4. The Bertz CT molecular complexity index is 2850. The van der Waals surface area contributed by atoms with Crippen LogP contribution in [-0.4, -0.2) is 92.4 Å². The summed E-state index contributed by atoms with van der Waals surface area (Å²) in [6.45, 7) is 10.7. The Morgan fingerprint density at radius 1 is 0.984 bits per heavy atom. The molecule has 2 aliphatic carbocycles. The van der Waals surface area contributed by atoms with E-state index in [1.165, 1.54) is 5.56 Å². The summed E-state index contributed by atoms with van der Waals surface area (Å²) in [6.07, 6.45) is 6.67. The number of fused-ring (bicyclic) bond motifs is 5. The Morgan fingerprint density at radius 2 is 1.81 bits per heavy atom. The molecule has 0 radical (unpaired) electrons. The molecule has 15 nitrogen and oxygen atoms in total. The van der Waals surface area contributed by atoms with Gasteiger partial charge in [0.1, 0.15) is 18.0 Å². The van der Waals surface area contributed by atoms with Gasteiger partial charge in [0, 0.05) is 72.4 Å². The molecule has 2 atom stereocenters. The van der Waals surface area contributed by atoms with Gasteiger partial charge in [0.05, 0.1) is 22.5 Å². The fourth-order valence-corrected chi connectivity index (χ4v) is 9.90. The van der Waals surface area contributed by atoms with Crippen LogP contribution in [0.3, 0.4) is 0 Å². The quantitative estimate of drug-likeness (QED) is 0.147. The summed E-state index contributed by atoms with van der Waals surface area (Å²) in [5.74, 6) is -0.458. The number of rotatable bonds is 10. The molecule has 4 fully saturated rings. The molecule has 3 N–H and O–H groups in total. The topological polar surface area (TPSA) is 183 Å². The minimum absolute atomic E-state index is 0.00376. The molecule has 15 heteroatoms. The van der Waals surface area contributed by atoms with Crippen molar-refractivity contribution in [2.24, 2.45) is 0 Å². The highest BCUT2D eigenvalue weighted by Crippen LogP contribution is 2.58. The van der Waals surface area contributed by atoms with Crippen molar-refractivity contribution < 1.29 is 23.7 Å². The summed E-state index contributed by atoms with van der Waals surface area (Å²) < 4.78 is 5.30. The molecule has 1 spiro atoms. The van der Waals surface area contributed by atoms with Gasteiger partial charge in [-0.3, -0.25) is 34.3 Å². The van der Waals surface area contributed by atoms with Crippen molar-refractivity contribution in [1.29, 1.82) is 0 Å². The van der Waals surface area contributed by atoms with Gasteiger partial charge in [0.2, 0.25) is 17.7 Å². The molecular weight excluding hydrogens is 785 g/mol. The van der Waals surface area contributed by atoms with Crippen LogP contribution < -0.4 is 20.4 Å². The number of nitrogens with one attached hydrogen (secondary N) is 3. The lowest BCUT2D eigenvalue weighted by Gasteiger charge is -2.36. The highest BCUT2D eigenvalue weighted by Gasteiger charge is 2.61. The van der Waals surface area contributed by atoms with E-state index in [1.54, 1.807) is 11.2 Å². The van der Waals surface area contributed by atoms with Gasteiger partial charge in [-0.05, 0) is 98.9 Å². The summed E-state index contributed by atoms with van der Waals surface area (Å²) in [7, 11) is 0. The van der Waals surface area contributed by atoms with E-state index in [9.17, 15) is 19.2 Å². The number of imide groups is 1. The summed E-state index contributed by atoms with van der Waals surface area (Å²) in [6, 6.07) is 18.1. The van der Waals surface area contributed by atoms with E-state index in [-0.39, 0.29) is 47.4 Å². The van der Waals surface area contributed by atoms with Crippen molar-refractivity contribution in [1.82, 2.24) is 40.6 Å². The first-order chi connectivity index (χ1) is 30.0. The lowest BCUT2D eigenvalue weighted by atomic mass is 9.95. The van der Waals surface area contributed by atoms with E-state index in [1.807, 2.05) is 32.0 Å². The van der Waals surface area contributed by atoms with Crippen LogP contribution in [0.5, 0.6) is 0 Å². The standard InChI is InChI=1S/C47H48N10O5/c1-26-22-29(5-7-31(26)27(2)50-42(60)43-53-44(54-62-43)46(3)13-14-46)39-38-32-8-6-30(24-34(32)51-40(38)49-25-48-39)56-20-18-55(19-21-56)17-12-28-4-9-35-33(23-28)47(15-16-47)45(61)57(35)36-10-11-37(58)52-41(36)59/h4-9,22-25,27,36H,10-21H2,1-3H3,(H,50,60)(H,48,49,51)(H,52,58,59)/t27-,36?/m1/s1. The van der Waals surface area contributed by atoms with Gasteiger partial charge in [-0.25, -0.2) is 9.97 Å². The smallest absolute Gasteiger partial charge is 0.315 e. The summed E-state index contributed by atoms with van der Waals surface area (Å²) in [4.78, 5) is 75.1. The number of piperazine rings is 1. The lowest BCUT2D eigenvalue weighted by Crippen LogP contribution is -2.54. The Kier molecular flexibility index (Phi) is 8.86. The number of carbonyl (C=O) groups is 4. The number of anilines is 2. The van der Waals surface area contributed by atoms with E-state index in [0.717, 1.165) is 126 Å². The molecule has 3 aromatic heterocycles. The average molecular weight is 833 g/mol. The Morgan fingerprint density at radius 3 is 2.56 bits per heavy atom. The normalized spacial score (nSPS) is 20.8. The van der Waals surface area contributed by atoms with Crippen molar-refractivity contribution in [3.05, 3.63) is 94.9 Å². The van der Waals surface area contributed by atoms with Crippen LogP contribution in [0, 0.1) is 6.92 Å². The predicted octanol–water partition coefficient (Wildman–Crippen LogP) is 5.56. The molecule has 0 bridgehead atoms. The van der Waals surface area contributed by atoms with Crippen LogP contribution in [0.4, 0.5) is 11.4 Å². The number of piperidine rings is 1. The van der Waals surface area contributed by atoms with Gasteiger partial charge in [0.25, 0.3) is 0 Å². The summed E-state index contributed by atoms with van der Waals surface area (Å²) in [5, 5.41) is 11.5. The minimum atomic E-state index is -0.634. The number of nitrogens with zero attached hydrogens (tertiary/aromatic N) is 7. The lowest BCUT2D eigenvalue weighted by molar-refractivity contribution is -0.135. The molecule has 62 heavy (non-hydrogen) atoms. The number of carbonyl (C=O) groups excluding carboxylic acids is 4. The Hall–Kier alpha value is -6.48. The molecule has 4 amide bonds. The van der Waals surface area contributed by atoms with E-state index < -0.39 is 11.5 Å². The Balaban J connectivity index is 0.741. The van der Waals surface area contributed by atoms with Gasteiger partial charge in [-0.2, -0.15) is 4.98 Å². The van der Waals surface area contributed by atoms with E-state index in [0.29, 0.717) is 12.2 Å². The average Bonchev–Trinajstić information content (AvgIpc) is 4.11. The first kappa shape index (κ1) is 38.4. The monoisotopic (exact) mass is 832 g/mol. The fraction of sp³-hybridized carbons (Fsp3) is 0.404. The van der Waals surface area contributed by atoms with E-state index in [2.05, 4.69) is 83.9 Å². The molecule has 1 unspecified atom stereocenters. The Labute approximate surface area is 357 Å². The van der Waals surface area contributed by atoms with Crippen LogP contribution in [0.15, 0.2) is 65.4 Å². The van der Waals surface area contributed by atoms with Gasteiger partial charge in [0.15, 0.2) is 5.82 Å². The van der Waals surface area contributed by atoms with Gasteiger partial charge < -0.3 is 19.7 Å². The molecule has 11 rings (SSSR count). The number of aromatic amines is 1. The summed E-state index contributed by atoms with van der Waals surface area (Å²) >= 11 is 0. The minimum Gasteiger partial charge on any atom is -0.369 e. The predicted molar refractivity (Wildman–Crippen MR) is 232 cm³/mol. The third-order valence-electron chi connectivity index (χ3n) is 14.1. The first-order valence-electron chi connectivity index (χ1n) is 21.8. The second-order valence-corrected chi connectivity index (χ2v) is 18.2. The molecule has 2 saturated carbocycles. The number of hydrogen-bond acceptors (Lipinski definition) is 11. The molecule has 6 aromatic rings. The molecule has 3 aromatic carbocycles.